The fourth-order valence-corrected chi connectivity index (χ4v) is 3.38. The lowest BCUT2D eigenvalue weighted by Gasteiger charge is -2.16. The summed E-state index contributed by atoms with van der Waals surface area (Å²) in [6.45, 7) is 3.22. The molecular weight excluding hydrogens is 314 g/mol. The van der Waals surface area contributed by atoms with E-state index in [1.807, 2.05) is 4.72 Å². The molecule has 1 rings (SSSR count). The van der Waals surface area contributed by atoms with Gasteiger partial charge in [0.2, 0.25) is 10.0 Å². The Balaban J connectivity index is 3.21. The average Bonchev–Trinajstić information content (AvgIpc) is 2.39. The van der Waals surface area contributed by atoms with Crippen LogP contribution in [0.1, 0.15) is 17.5 Å². The quantitative estimate of drug-likeness (QED) is 0.664. The van der Waals surface area contributed by atoms with Crippen LogP contribution >= 0.6 is 0 Å². The Morgan fingerprint density at radius 1 is 1.23 bits per heavy atom. The summed E-state index contributed by atoms with van der Waals surface area (Å²) in [6, 6.07) is 0.983. The Bertz CT molecular complexity index is 697. The number of sulfonamides is 1. The average molecular weight is 331 g/mol. The molecule has 9 heteroatoms. The first-order valence-corrected chi connectivity index (χ1v) is 7.69. The molecule has 0 aliphatic carbocycles. The Labute approximate surface area is 127 Å². The van der Waals surface area contributed by atoms with Crippen molar-refractivity contribution in [1.29, 1.82) is 0 Å². The summed E-state index contributed by atoms with van der Waals surface area (Å²) in [5.41, 5.74) is 0.988. The van der Waals surface area contributed by atoms with Crippen LogP contribution in [0.4, 0.5) is 0 Å². The third-order valence-electron chi connectivity index (χ3n) is 3.17. The molecule has 8 nitrogen and oxygen atoms in total. The summed E-state index contributed by atoms with van der Waals surface area (Å²) < 4.78 is 31.6. The minimum atomic E-state index is -4.18. The van der Waals surface area contributed by atoms with Crippen LogP contribution in [0.2, 0.25) is 0 Å². The maximum Gasteiger partial charge on any atom is 0.322 e. The molecule has 0 radical (unpaired) electrons. The second kappa shape index (κ2) is 6.75. The van der Waals surface area contributed by atoms with E-state index < -0.39 is 34.4 Å². The van der Waals surface area contributed by atoms with Crippen LogP contribution in [-0.2, 0) is 19.6 Å². The van der Waals surface area contributed by atoms with Crippen LogP contribution in [0.5, 0.6) is 5.75 Å². The SMILES string of the molecule is COc1ccc(S(=O)(=O)N[C@@H](CC(=O)O)C(=O)O)c(C)c1C. The number of hydrogen-bond donors (Lipinski definition) is 3. The number of hydrogen-bond acceptors (Lipinski definition) is 5. The van der Waals surface area contributed by atoms with Crippen LogP contribution in [0.3, 0.4) is 0 Å². The molecule has 1 atom stereocenters. The number of carboxylic acids is 2. The zero-order chi connectivity index (χ0) is 17.1. The van der Waals surface area contributed by atoms with E-state index in [1.54, 1.807) is 13.8 Å². The van der Waals surface area contributed by atoms with Crippen molar-refractivity contribution < 1.29 is 33.0 Å². The van der Waals surface area contributed by atoms with Crippen molar-refractivity contribution in [2.24, 2.45) is 0 Å². The van der Waals surface area contributed by atoms with Gasteiger partial charge in [-0.25, -0.2) is 8.42 Å². The number of carboxylic acid groups (broad SMARTS) is 2. The van der Waals surface area contributed by atoms with E-state index in [0.717, 1.165) is 0 Å². The molecule has 0 aromatic heterocycles. The maximum absolute atomic E-state index is 12.3. The number of carbonyl (C=O) groups is 2. The first-order chi connectivity index (χ1) is 10.1. The van der Waals surface area contributed by atoms with E-state index in [-0.39, 0.29) is 4.90 Å². The van der Waals surface area contributed by atoms with Crippen molar-refractivity contribution in [2.45, 2.75) is 31.2 Å². The summed E-state index contributed by atoms with van der Waals surface area (Å²) in [6.07, 6.45) is -0.858. The smallest absolute Gasteiger partial charge is 0.322 e. The van der Waals surface area contributed by atoms with Gasteiger partial charge in [-0.15, -0.1) is 0 Å². The Morgan fingerprint density at radius 3 is 2.27 bits per heavy atom. The van der Waals surface area contributed by atoms with Gasteiger partial charge in [-0.1, -0.05) is 0 Å². The molecule has 22 heavy (non-hydrogen) atoms. The fraction of sp³-hybridized carbons (Fsp3) is 0.385. The van der Waals surface area contributed by atoms with Crippen molar-refractivity contribution in [3.8, 4) is 5.75 Å². The van der Waals surface area contributed by atoms with Crippen LogP contribution in [0.15, 0.2) is 17.0 Å². The second-order valence-electron chi connectivity index (χ2n) is 4.63. The van der Waals surface area contributed by atoms with E-state index >= 15 is 0 Å². The molecule has 3 N–H and O–H groups in total. The Hall–Kier alpha value is -2.13. The topological polar surface area (TPSA) is 130 Å². The number of nitrogens with one attached hydrogen (secondary N) is 1. The minimum Gasteiger partial charge on any atom is -0.496 e. The molecule has 0 amide bonds. The standard InChI is InChI=1S/C13H17NO7S/c1-7-8(2)11(5-4-10(7)21-3)22(19,20)14-9(13(17)18)6-12(15)16/h4-5,9,14H,6H2,1-3H3,(H,15,16)(H,17,18)/t9-/m0/s1. The monoisotopic (exact) mass is 331 g/mol. The van der Waals surface area contributed by atoms with E-state index in [9.17, 15) is 18.0 Å². The lowest BCUT2D eigenvalue weighted by Crippen LogP contribution is -2.42. The highest BCUT2D eigenvalue weighted by molar-refractivity contribution is 7.89. The predicted molar refractivity (Wildman–Crippen MR) is 76.5 cm³/mol. The Kier molecular flexibility index (Phi) is 5.50. The van der Waals surface area contributed by atoms with Gasteiger partial charge in [-0.3, -0.25) is 9.59 Å². The van der Waals surface area contributed by atoms with Gasteiger partial charge in [0.15, 0.2) is 0 Å². The van der Waals surface area contributed by atoms with Gasteiger partial charge in [0, 0.05) is 0 Å². The molecule has 1 aromatic rings. The Morgan fingerprint density at radius 2 is 1.82 bits per heavy atom. The van der Waals surface area contributed by atoms with Crippen LogP contribution < -0.4 is 9.46 Å². The molecule has 0 fully saturated rings. The number of benzene rings is 1. The number of aliphatic carboxylic acids is 2. The molecule has 0 spiro atoms. The molecule has 0 aliphatic heterocycles. The molecular formula is C13H17NO7S. The van der Waals surface area contributed by atoms with Gasteiger partial charge in [-0.05, 0) is 37.1 Å². The highest BCUT2D eigenvalue weighted by Gasteiger charge is 2.29. The molecule has 0 bridgehead atoms. The predicted octanol–water partition coefficient (Wildman–Crippen LogP) is 0.518. The molecule has 1 aromatic carbocycles. The van der Waals surface area contributed by atoms with Crippen molar-refractivity contribution in [1.82, 2.24) is 4.72 Å². The van der Waals surface area contributed by atoms with Gasteiger partial charge < -0.3 is 14.9 Å². The molecule has 122 valence electrons. The zero-order valence-corrected chi connectivity index (χ0v) is 13.1. The first kappa shape index (κ1) is 17.9. The summed E-state index contributed by atoms with van der Waals surface area (Å²) in [4.78, 5) is 21.5. The van der Waals surface area contributed by atoms with Gasteiger partial charge in [0.05, 0.1) is 18.4 Å². The summed E-state index contributed by atoms with van der Waals surface area (Å²) in [5, 5.41) is 17.6. The van der Waals surface area contributed by atoms with Gasteiger partial charge in [0.1, 0.15) is 11.8 Å². The third kappa shape index (κ3) is 3.95. The van der Waals surface area contributed by atoms with Crippen LogP contribution in [0.25, 0.3) is 0 Å². The lowest BCUT2D eigenvalue weighted by atomic mass is 10.1. The minimum absolute atomic E-state index is 0.123. The van der Waals surface area contributed by atoms with Crippen LogP contribution in [0, 0.1) is 13.8 Å². The normalized spacial score (nSPS) is 12.7. The van der Waals surface area contributed by atoms with Crippen molar-refractivity contribution in [2.75, 3.05) is 7.11 Å². The molecule has 0 heterocycles. The largest absolute Gasteiger partial charge is 0.496 e. The van der Waals surface area contributed by atoms with E-state index in [4.69, 9.17) is 14.9 Å². The van der Waals surface area contributed by atoms with Gasteiger partial charge in [0.25, 0.3) is 0 Å². The van der Waals surface area contributed by atoms with E-state index in [2.05, 4.69) is 0 Å². The maximum atomic E-state index is 12.3. The number of methoxy groups -OCH3 is 1. The summed E-state index contributed by atoms with van der Waals surface area (Å²) in [7, 11) is -2.73. The molecule has 0 saturated heterocycles. The summed E-state index contributed by atoms with van der Waals surface area (Å²) >= 11 is 0. The van der Waals surface area contributed by atoms with E-state index in [0.29, 0.717) is 16.9 Å². The van der Waals surface area contributed by atoms with E-state index in [1.165, 1.54) is 19.2 Å². The molecule has 0 aliphatic rings. The molecule has 0 unspecified atom stereocenters. The highest BCUT2D eigenvalue weighted by atomic mass is 32.2. The molecule has 0 saturated carbocycles. The van der Waals surface area contributed by atoms with Crippen molar-refractivity contribution >= 4 is 22.0 Å². The zero-order valence-electron chi connectivity index (χ0n) is 12.3. The van der Waals surface area contributed by atoms with Gasteiger partial charge >= 0.3 is 11.9 Å². The summed E-state index contributed by atoms with van der Waals surface area (Å²) in [5.74, 6) is -2.48. The van der Waals surface area contributed by atoms with Gasteiger partial charge in [-0.2, -0.15) is 4.72 Å². The van der Waals surface area contributed by atoms with Crippen LogP contribution in [-0.4, -0.2) is 43.7 Å². The van der Waals surface area contributed by atoms with Crippen molar-refractivity contribution in [3.05, 3.63) is 23.3 Å². The number of rotatable bonds is 7. The number of ether oxygens (including phenoxy) is 1. The second-order valence-corrected chi connectivity index (χ2v) is 6.31. The third-order valence-corrected chi connectivity index (χ3v) is 4.79. The van der Waals surface area contributed by atoms with Crippen molar-refractivity contribution in [3.63, 3.8) is 0 Å². The fourth-order valence-electron chi connectivity index (χ4n) is 1.89. The highest BCUT2D eigenvalue weighted by Crippen LogP contribution is 2.26. The lowest BCUT2D eigenvalue weighted by molar-refractivity contribution is -0.145. The first-order valence-electron chi connectivity index (χ1n) is 6.21.